The predicted octanol–water partition coefficient (Wildman–Crippen LogP) is 4.81. The van der Waals surface area contributed by atoms with E-state index in [1.54, 1.807) is 0 Å². The van der Waals surface area contributed by atoms with Crippen LogP contribution in [0.1, 0.15) is 24.8 Å². The third kappa shape index (κ3) is 5.38. The lowest BCUT2D eigenvalue weighted by Gasteiger charge is -2.20. The van der Waals surface area contributed by atoms with Crippen LogP contribution >= 0.6 is 0 Å². The van der Waals surface area contributed by atoms with Crippen LogP contribution in [0.4, 0.5) is 17.6 Å². The number of nitrogens with one attached hydrogen (secondary N) is 2. The lowest BCUT2D eigenvalue weighted by molar-refractivity contribution is 0.0701. The number of nitrogens with zero attached hydrogens (tertiary/aromatic N) is 4. The minimum absolute atomic E-state index is 0.131. The van der Waals surface area contributed by atoms with Gasteiger partial charge in [-0.25, -0.2) is 9.97 Å². The quantitative estimate of drug-likeness (QED) is 0.518. The maximum absolute atomic E-state index is 6.03. The van der Waals surface area contributed by atoms with Crippen molar-refractivity contribution in [3.8, 4) is 0 Å². The van der Waals surface area contributed by atoms with Crippen LogP contribution in [0.15, 0.2) is 66.7 Å². The number of rotatable bonds is 8. The van der Waals surface area contributed by atoms with Crippen LogP contribution < -0.4 is 10.6 Å². The second-order valence-electron chi connectivity index (χ2n) is 8.57. The van der Waals surface area contributed by atoms with E-state index in [0.717, 1.165) is 53.2 Å². The molecule has 7 nitrogen and oxygen atoms in total. The van der Waals surface area contributed by atoms with E-state index in [4.69, 9.17) is 9.72 Å². The van der Waals surface area contributed by atoms with Gasteiger partial charge in [-0.2, -0.15) is 4.98 Å². The fourth-order valence-corrected chi connectivity index (χ4v) is 4.25. The van der Waals surface area contributed by atoms with Crippen molar-refractivity contribution in [2.24, 2.45) is 0 Å². The van der Waals surface area contributed by atoms with Gasteiger partial charge in [0, 0.05) is 35.6 Å². The summed E-state index contributed by atoms with van der Waals surface area (Å²) in [7, 11) is 0. The van der Waals surface area contributed by atoms with E-state index >= 15 is 0 Å². The molecule has 1 aliphatic carbocycles. The van der Waals surface area contributed by atoms with Crippen LogP contribution in [0.5, 0.6) is 0 Å². The fraction of sp³-hybridized carbons (Fsp3) is 0.346. The molecule has 3 aromatic rings. The SMILES string of the molecule is Cc1cnc(NC2=CCC(OCCN3CCCC3)C=C2)nc1Nc1nccc2ccccc12. The number of benzene rings is 1. The highest BCUT2D eigenvalue weighted by Gasteiger charge is 2.14. The van der Waals surface area contributed by atoms with Crippen molar-refractivity contribution in [3.05, 3.63) is 72.2 Å². The van der Waals surface area contributed by atoms with E-state index in [1.165, 1.54) is 25.9 Å². The van der Waals surface area contributed by atoms with E-state index < -0.39 is 0 Å². The largest absolute Gasteiger partial charge is 0.372 e. The summed E-state index contributed by atoms with van der Waals surface area (Å²) < 4.78 is 6.03. The number of hydrogen-bond donors (Lipinski definition) is 2. The summed E-state index contributed by atoms with van der Waals surface area (Å²) in [5.74, 6) is 2.07. The normalized spacial score (nSPS) is 18.5. The number of allylic oxidation sites excluding steroid dienone is 1. The smallest absolute Gasteiger partial charge is 0.229 e. The van der Waals surface area contributed by atoms with Gasteiger partial charge in [-0.1, -0.05) is 36.4 Å². The average Bonchev–Trinajstić information content (AvgIpc) is 3.36. The Kier molecular flexibility index (Phi) is 6.60. The first-order valence-corrected chi connectivity index (χ1v) is 11.7. The van der Waals surface area contributed by atoms with Gasteiger partial charge in [0.25, 0.3) is 0 Å². The summed E-state index contributed by atoms with van der Waals surface area (Å²) in [5.41, 5.74) is 1.93. The van der Waals surface area contributed by atoms with Gasteiger partial charge >= 0.3 is 0 Å². The van der Waals surface area contributed by atoms with Crippen molar-refractivity contribution in [1.29, 1.82) is 0 Å². The first kappa shape index (κ1) is 21.6. The van der Waals surface area contributed by atoms with E-state index in [0.29, 0.717) is 5.95 Å². The van der Waals surface area contributed by atoms with Gasteiger partial charge < -0.3 is 20.3 Å². The van der Waals surface area contributed by atoms with Crippen LogP contribution in [0.2, 0.25) is 0 Å². The second kappa shape index (κ2) is 10.1. The molecule has 1 aliphatic heterocycles. The minimum atomic E-state index is 0.131. The first-order chi connectivity index (χ1) is 16.2. The summed E-state index contributed by atoms with van der Waals surface area (Å²) in [6.45, 7) is 6.21. The molecule has 2 aliphatic rings. The maximum atomic E-state index is 6.03. The van der Waals surface area contributed by atoms with Gasteiger partial charge in [-0.15, -0.1) is 0 Å². The number of ether oxygens (including phenoxy) is 1. The van der Waals surface area contributed by atoms with E-state index in [9.17, 15) is 0 Å². The number of likely N-dealkylation sites (tertiary alicyclic amines) is 1. The van der Waals surface area contributed by atoms with Crippen LogP contribution in [0.3, 0.4) is 0 Å². The Balaban J connectivity index is 1.20. The number of pyridine rings is 1. The van der Waals surface area contributed by atoms with Gasteiger partial charge in [0.05, 0.1) is 12.7 Å². The molecule has 0 radical (unpaired) electrons. The van der Waals surface area contributed by atoms with Crippen molar-refractivity contribution in [1.82, 2.24) is 19.9 Å². The summed E-state index contributed by atoms with van der Waals surface area (Å²) in [6.07, 6.45) is 13.5. The highest BCUT2D eigenvalue weighted by Crippen LogP contribution is 2.25. The van der Waals surface area contributed by atoms with Gasteiger partial charge in [-0.05, 0) is 56.8 Å². The van der Waals surface area contributed by atoms with Crippen LogP contribution in [-0.2, 0) is 4.74 Å². The molecule has 5 rings (SSSR count). The molecule has 33 heavy (non-hydrogen) atoms. The highest BCUT2D eigenvalue weighted by atomic mass is 16.5. The summed E-state index contributed by atoms with van der Waals surface area (Å²) in [4.78, 5) is 16.1. The van der Waals surface area contributed by atoms with Crippen LogP contribution in [0.25, 0.3) is 10.8 Å². The molecule has 0 saturated carbocycles. The van der Waals surface area contributed by atoms with Crippen molar-refractivity contribution in [2.75, 3.05) is 36.9 Å². The molecule has 0 amide bonds. The highest BCUT2D eigenvalue weighted by molar-refractivity contribution is 5.93. The fourth-order valence-electron chi connectivity index (χ4n) is 4.25. The molecule has 0 spiro atoms. The summed E-state index contributed by atoms with van der Waals surface area (Å²) >= 11 is 0. The number of aryl methyl sites for hydroxylation is 1. The molecule has 7 heteroatoms. The maximum Gasteiger partial charge on any atom is 0.229 e. The number of fused-ring (bicyclic) bond motifs is 1. The third-order valence-electron chi connectivity index (χ3n) is 6.14. The number of anilines is 3. The zero-order chi connectivity index (χ0) is 22.5. The Labute approximate surface area is 194 Å². The first-order valence-electron chi connectivity index (χ1n) is 11.7. The van der Waals surface area contributed by atoms with Gasteiger partial charge in [0.2, 0.25) is 5.95 Å². The van der Waals surface area contributed by atoms with Gasteiger partial charge in [0.15, 0.2) is 0 Å². The summed E-state index contributed by atoms with van der Waals surface area (Å²) in [6, 6.07) is 10.2. The molecule has 2 N–H and O–H groups in total. The molecule has 2 aromatic heterocycles. The summed E-state index contributed by atoms with van der Waals surface area (Å²) in [5, 5.41) is 8.89. The van der Waals surface area contributed by atoms with Crippen molar-refractivity contribution >= 4 is 28.4 Å². The Morgan fingerprint density at radius 1 is 1.06 bits per heavy atom. The number of hydrogen-bond acceptors (Lipinski definition) is 7. The monoisotopic (exact) mass is 442 g/mol. The topological polar surface area (TPSA) is 75.2 Å². The molecule has 1 fully saturated rings. The molecule has 1 saturated heterocycles. The average molecular weight is 443 g/mol. The van der Waals surface area contributed by atoms with Crippen molar-refractivity contribution in [3.63, 3.8) is 0 Å². The van der Waals surface area contributed by atoms with Crippen molar-refractivity contribution in [2.45, 2.75) is 32.3 Å². The van der Waals surface area contributed by atoms with Crippen molar-refractivity contribution < 1.29 is 4.74 Å². The minimum Gasteiger partial charge on any atom is -0.372 e. The van der Waals surface area contributed by atoms with Gasteiger partial charge in [0.1, 0.15) is 11.6 Å². The molecule has 1 aromatic carbocycles. The standard InChI is InChI=1S/C26H30N6O/c1-19-18-28-26(31-24(19)30-25-23-7-3-2-6-20(23)12-13-27-25)29-21-8-10-22(11-9-21)33-17-16-32-14-4-5-15-32/h2-3,6-10,12-13,18,22H,4-5,11,14-17H2,1H3,(H2,27,28,29,30,31). The zero-order valence-electron chi connectivity index (χ0n) is 19.0. The third-order valence-corrected chi connectivity index (χ3v) is 6.14. The Morgan fingerprint density at radius 2 is 1.94 bits per heavy atom. The molecule has 3 heterocycles. The van der Waals surface area contributed by atoms with E-state index in [-0.39, 0.29) is 6.10 Å². The Hall–Kier alpha value is -3.29. The molecule has 1 atom stereocenters. The van der Waals surface area contributed by atoms with Crippen LogP contribution in [-0.4, -0.2) is 52.2 Å². The second-order valence-corrected chi connectivity index (χ2v) is 8.57. The molecular formula is C26H30N6O. The lowest BCUT2D eigenvalue weighted by Crippen LogP contribution is -2.26. The van der Waals surface area contributed by atoms with E-state index in [1.807, 2.05) is 43.6 Å². The lowest BCUT2D eigenvalue weighted by atomic mass is 10.1. The number of aromatic nitrogens is 3. The zero-order valence-corrected chi connectivity index (χ0v) is 19.0. The van der Waals surface area contributed by atoms with E-state index in [2.05, 4.69) is 49.8 Å². The molecule has 170 valence electrons. The predicted molar refractivity (Wildman–Crippen MR) is 133 cm³/mol. The molecule has 0 bridgehead atoms. The Bertz CT molecular complexity index is 1160. The molecule has 1 unspecified atom stereocenters. The van der Waals surface area contributed by atoms with Crippen LogP contribution in [0, 0.1) is 6.92 Å². The van der Waals surface area contributed by atoms with Gasteiger partial charge in [-0.3, -0.25) is 0 Å². The molecular weight excluding hydrogens is 412 g/mol. The Morgan fingerprint density at radius 3 is 2.79 bits per heavy atom.